The highest BCUT2D eigenvalue weighted by molar-refractivity contribution is 5.72. The molecule has 166 valence electrons. The highest BCUT2D eigenvalue weighted by atomic mass is 19.4. The number of aromatic nitrogens is 4. The van der Waals surface area contributed by atoms with E-state index in [1.54, 1.807) is 0 Å². The van der Waals surface area contributed by atoms with Gasteiger partial charge in [0.2, 0.25) is 0 Å². The fourth-order valence-electron chi connectivity index (χ4n) is 3.31. The molecule has 0 saturated carbocycles. The first-order chi connectivity index (χ1) is 15.1. The highest BCUT2D eigenvalue weighted by Gasteiger charge is 2.30. The van der Waals surface area contributed by atoms with E-state index in [-0.39, 0.29) is 35.0 Å². The smallest absolute Gasteiger partial charge is 0.416 e. The number of rotatable bonds is 4. The second-order valence-electron chi connectivity index (χ2n) is 7.09. The molecule has 0 unspecified atom stereocenters. The summed E-state index contributed by atoms with van der Waals surface area (Å²) in [5, 5.41) is 0. The minimum atomic E-state index is -4.56. The van der Waals surface area contributed by atoms with Crippen molar-refractivity contribution in [3.05, 3.63) is 86.3 Å². The maximum atomic E-state index is 14.2. The predicted octanol–water partition coefficient (Wildman–Crippen LogP) is 3.43. The molecule has 2 aromatic heterocycles. The lowest BCUT2D eigenvalue weighted by Gasteiger charge is -2.12. The maximum Gasteiger partial charge on any atom is 0.416 e. The summed E-state index contributed by atoms with van der Waals surface area (Å²) < 4.78 is 62.3. The molecule has 0 aliphatic rings. The zero-order valence-corrected chi connectivity index (χ0v) is 16.9. The molecule has 4 rings (SSSR count). The molecular weight excluding hydrogens is 432 g/mol. The Labute approximate surface area is 177 Å². The SMILES string of the molecule is Cn1c(=O)c2c(nc(Oc3ccccc3F)n2Cc2cccc(C(F)(F)F)c2)n(C)c1=O. The number of benzene rings is 2. The van der Waals surface area contributed by atoms with Gasteiger partial charge in [0.15, 0.2) is 22.7 Å². The van der Waals surface area contributed by atoms with Crippen LogP contribution in [0.15, 0.2) is 58.1 Å². The topological polar surface area (TPSA) is 71.1 Å². The van der Waals surface area contributed by atoms with Crippen molar-refractivity contribution in [2.45, 2.75) is 12.7 Å². The first-order valence-corrected chi connectivity index (χ1v) is 9.32. The molecule has 0 N–H and O–H groups in total. The lowest BCUT2D eigenvalue weighted by molar-refractivity contribution is -0.137. The molecule has 0 spiro atoms. The first-order valence-electron chi connectivity index (χ1n) is 9.32. The molecule has 0 aliphatic carbocycles. The van der Waals surface area contributed by atoms with Crippen LogP contribution in [-0.2, 0) is 26.8 Å². The summed E-state index contributed by atoms with van der Waals surface area (Å²) in [6.07, 6.45) is -4.56. The summed E-state index contributed by atoms with van der Waals surface area (Å²) in [5.41, 5.74) is -2.14. The maximum absolute atomic E-state index is 14.2. The van der Waals surface area contributed by atoms with Gasteiger partial charge in [-0.05, 0) is 29.8 Å². The van der Waals surface area contributed by atoms with Crippen LogP contribution in [0, 0.1) is 5.82 Å². The molecule has 0 fully saturated rings. The van der Waals surface area contributed by atoms with Crippen LogP contribution in [0.2, 0.25) is 0 Å². The van der Waals surface area contributed by atoms with E-state index in [0.717, 1.165) is 27.3 Å². The third-order valence-electron chi connectivity index (χ3n) is 4.95. The first kappa shape index (κ1) is 21.3. The zero-order chi connectivity index (χ0) is 23.2. The minimum Gasteiger partial charge on any atom is -0.422 e. The number of alkyl halides is 3. The molecule has 0 amide bonds. The van der Waals surface area contributed by atoms with Crippen molar-refractivity contribution >= 4 is 11.2 Å². The zero-order valence-electron chi connectivity index (χ0n) is 16.9. The third kappa shape index (κ3) is 3.66. The largest absolute Gasteiger partial charge is 0.422 e. The second-order valence-corrected chi connectivity index (χ2v) is 7.09. The Morgan fingerprint density at radius 1 is 1.00 bits per heavy atom. The summed E-state index contributed by atoms with van der Waals surface area (Å²) >= 11 is 0. The van der Waals surface area contributed by atoms with Gasteiger partial charge in [0.05, 0.1) is 12.1 Å². The molecule has 0 bridgehead atoms. The van der Waals surface area contributed by atoms with Gasteiger partial charge in [-0.1, -0.05) is 24.3 Å². The molecule has 11 heteroatoms. The number of para-hydroxylation sites is 1. The van der Waals surface area contributed by atoms with Crippen molar-refractivity contribution in [1.82, 2.24) is 18.7 Å². The fourth-order valence-corrected chi connectivity index (χ4v) is 3.31. The summed E-state index contributed by atoms with van der Waals surface area (Å²) in [7, 11) is 2.65. The number of imidazole rings is 1. The van der Waals surface area contributed by atoms with Gasteiger partial charge < -0.3 is 4.74 Å². The van der Waals surface area contributed by atoms with E-state index < -0.39 is 28.8 Å². The number of hydrogen-bond donors (Lipinski definition) is 0. The van der Waals surface area contributed by atoms with Gasteiger partial charge in [0.25, 0.3) is 5.56 Å². The molecule has 2 heterocycles. The lowest BCUT2D eigenvalue weighted by atomic mass is 10.1. The van der Waals surface area contributed by atoms with Crippen LogP contribution in [0.5, 0.6) is 11.8 Å². The van der Waals surface area contributed by atoms with Crippen LogP contribution >= 0.6 is 0 Å². The molecule has 0 radical (unpaired) electrons. The Bertz CT molecular complexity index is 1450. The van der Waals surface area contributed by atoms with Crippen LogP contribution in [0.25, 0.3) is 11.2 Å². The molecule has 7 nitrogen and oxygen atoms in total. The second kappa shape index (κ2) is 7.66. The molecule has 2 aromatic carbocycles. The summed E-state index contributed by atoms with van der Waals surface area (Å²) in [4.78, 5) is 29.3. The highest BCUT2D eigenvalue weighted by Crippen LogP contribution is 2.31. The minimum absolute atomic E-state index is 0.0450. The molecule has 32 heavy (non-hydrogen) atoms. The number of ether oxygens (including phenoxy) is 1. The predicted molar refractivity (Wildman–Crippen MR) is 107 cm³/mol. The average molecular weight is 448 g/mol. The van der Waals surface area contributed by atoms with E-state index in [2.05, 4.69) is 4.98 Å². The molecule has 0 atom stereocenters. The van der Waals surface area contributed by atoms with Crippen molar-refractivity contribution < 1.29 is 22.3 Å². The number of halogens is 4. The van der Waals surface area contributed by atoms with Gasteiger partial charge >= 0.3 is 17.9 Å². The Hall–Kier alpha value is -3.89. The number of hydrogen-bond acceptors (Lipinski definition) is 4. The number of aryl methyl sites for hydroxylation is 1. The lowest BCUT2D eigenvalue weighted by Crippen LogP contribution is -2.37. The Morgan fingerprint density at radius 2 is 1.72 bits per heavy atom. The summed E-state index contributed by atoms with van der Waals surface area (Å²) in [6, 6.07) is 9.76. The van der Waals surface area contributed by atoms with E-state index in [9.17, 15) is 27.2 Å². The van der Waals surface area contributed by atoms with Crippen molar-refractivity contribution in [2.24, 2.45) is 14.1 Å². The quantitative estimate of drug-likeness (QED) is 0.449. The van der Waals surface area contributed by atoms with Crippen LogP contribution in [-0.4, -0.2) is 18.7 Å². The van der Waals surface area contributed by atoms with Crippen molar-refractivity contribution in [3.8, 4) is 11.8 Å². The molecule has 0 saturated heterocycles. The fraction of sp³-hybridized carbons (Fsp3) is 0.190. The average Bonchev–Trinajstić information content (AvgIpc) is 3.10. The van der Waals surface area contributed by atoms with E-state index in [1.807, 2.05) is 0 Å². The van der Waals surface area contributed by atoms with Crippen molar-refractivity contribution in [2.75, 3.05) is 0 Å². The van der Waals surface area contributed by atoms with E-state index in [0.29, 0.717) is 0 Å². The van der Waals surface area contributed by atoms with E-state index in [4.69, 9.17) is 4.74 Å². The standard InChI is InChI=1S/C21H16F4N4O3/c1-27-17-16(18(30)28(2)20(27)31)29(11-12-6-5-7-13(10-12)21(23,24)25)19(26-17)32-15-9-4-3-8-14(15)22/h3-10H,11H2,1-2H3. The molecule has 4 aromatic rings. The summed E-state index contributed by atoms with van der Waals surface area (Å²) in [5.74, 6) is -0.901. The third-order valence-corrected chi connectivity index (χ3v) is 4.95. The molecule has 0 aliphatic heterocycles. The van der Waals surface area contributed by atoms with Gasteiger partial charge in [0.1, 0.15) is 0 Å². The monoisotopic (exact) mass is 448 g/mol. The van der Waals surface area contributed by atoms with Crippen LogP contribution in [0.4, 0.5) is 17.6 Å². The Balaban J connectivity index is 1.94. The van der Waals surface area contributed by atoms with Crippen LogP contribution in [0.3, 0.4) is 0 Å². The van der Waals surface area contributed by atoms with Gasteiger partial charge in [-0.15, -0.1) is 0 Å². The van der Waals surface area contributed by atoms with Gasteiger partial charge in [0, 0.05) is 14.1 Å². The van der Waals surface area contributed by atoms with Gasteiger partial charge in [-0.25, -0.2) is 9.18 Å². The summed E-state index contributed by atoms with van der Waals surface area (Å²) in [6.45, 7) is -0.238. The van der Waals surface area contributed by atoms with E-state index in [1.165, 1.54) is 49.0 Å². The normalized spacial score (nSPS) is 11.8. The van der Waals surface area contributed by atoms with Crippen LogP contribution < -0.4 is 16.0 Å². The van der Waals surface area contributed by atoms with Crippen molar-refractivity contribution in [3.63, 3.8) is 0 Å². The number of fused-ring (bicyclic) bond motifs is 1. The number of nitrogens with zero attached hydrogens (tertiary/aromatic N) is 4. The van der Waals surface area contributed by atoms with Gasteiger partial charge in [-0.2, -0.15) is 18.2 Å². The van der Waals surface area contributed by atoms with E-state index >= 15 is 0 Å². The Morgan fingerprint density at radius 3 is 2.41 bits per heavy atom. The van der Waals surface area contributed by atoms with Crippen molar-refractivity contribution in [1.29, 1.82) is 0 Å². The molecular formula is C21H16F4N4O3. The van der Waals surface area contributed by atoms with Gasteiger partial charge in [-0.3, -0.25) is 18.5 Å². The van der Waals surface area contributed by atoms with Crippen LogP contribution in [0.1, 0.15) is 11.1 Å². The Kier molecular flexibility index (Phi) is 5.11.